The Hall–Kier alpha value is -3.93. The van der Waals surface area contributed by atoms with Crippen LogP contribution in [0.15, 0.2) is 78.9 Å². The van der Waals surface area contributed by atoms with Gasteiger partial charge in [0.15, 0.2) is 0 Å². The Morgan fingerprint density at radius 1 is 0.969 bits per heavy atom. The maximum Gasteiger partial charge on any atom is 0.324 e. The van der Waals surface area contributed by atoms with E-state index < -0.39 is 6.03 Å². The molecule has 1 aliphatic rings. The first-order chi connectivity index (χ1) is 15.5. The molecule has 0 unspecified atom stereocenters. The van der Waals surface area contributed by atoms with Gasteiger partial charge in [0, 0.05) is 12.1 Å². The largest absolute Gasteiger partial charge is 0.348 e. The van der Waals surface area contributed by atoms with Crippen LogP contribution in [0.25, 0.3) is 0 Å². The van der Waals surface area contributed by atoms with Crippen molar-refractivity contribution in [3.05, 3.63) is 107 Å². The summed E-state index contributed by atoms with van der Waals surface area (Å²) in [5.74, 6) is -0.391. The molecule has 0 aromatic heterocycles. The monoisotopic (exact) mass is 427 g/mol. The molecule has 162 valence electrons. The predicted molar refractivity (Wildman–Crippen MR) is 122 cm³/mol. The van der Waals surface area contributed by atoms with Crippen LogP contribution in [0.5, 0.6) is 0 Å². The first kappa shape index (κ1) is 21.3. The fourth-order valence-corrected chi connectivity index (χ4v) is 3.75. The molecule has 6 nitrogen and oxygen atoms in total. The molecule has 1 atom stereocenters. The molecule has 0 bridgehead atoms. The SMILES string of the molecule is Cc1cccc([C@@H]2CC(=O)N(Cc3ccc(C(=O)NCc4ccccc4)cc3)C(=O)N2)c1. The van der Waals surface area contributed by atoms with E-state index in [2.05, 4.69) is 10.6 Å². The van der Waals surface area contributed by atoms with E-state index in [-0.39, 0.29) is 30.8 Å². The van der Waals surface area contributed by atoms with E-state index >= 15 is 0 Å². The Labute approximate surface area is 187 Å². The third-order valence-corrected chi connectivity index (χ3v) is 5.52. The van der Waals surface area contributed by atoms with Crippen molar-refractivity contribution < 1.29 is 14.4 Å². The van der Waals surface area contributed by atoms with E-state index in [9.17, 15) is 14.4 Å². The van der Waals surface area contributed by atoms with E-state index in [1.807, 2.05) is 61.5 Å². The number of hydrogen-bond donors (Lipinski definition) is 2. The van der Waals surface area contributed by atoms with Crippen molar-refractivity contribution in [2.24, 2.45) is 0 Å². The molecule has 32 heavy (non-hydrogen) atoms. The van der Waals surface area contributed by atoms with Crippen molar-refractivity contribution in [3.63, 3.8) is 0 Å². The number of carbonyl (C=O) groups is 3. The van der Waals surface area contributed by atoms with E-state index in [0.29, 0.717) is 12.1 Å². The molecule has 1 aliphatic heterocycles. The second-order valence-electron chi connectivity index (χ2n) is 7.97. The lowest BCUT2D eigenvalue weighted by Gasteiger charge is -2.31. The third kappa shape index (κ3) is 5.03. The number of amides is 4. The average molecular weight is 428 g/mol. The molecular formula is C26H25N3O3. The van der Waals surface area contributed by atoms with Gasteiger partial charge in [-0.25, -0.2) is 4.79 Å². The first-order valence-electron chi connectivity index (χ1n) is 10.6. The molecule has 6 heteroatoms. The van der Waals surface area contributed by atoms with Gasteiger partial charge in [-0.15, -0.1) is 0 Å². The zero-order chi connectivity index (χ0) is 22.5. The summed E-state index contributed by atoms with van der Waals surface area (Å²) in [5.41, 5.74) is 4.34. The standard InChI is InChI=1S/C26H25N3O3/c1-18-6-5-9-22(14-18)23-15-24(30)29(26(32)28-23)17-20-10-12-21(13-11-20)25(31)27-16-19-7-3-2-4-8-19/h2-14,23H,15-17H2,1H3,(H,27,31)(H,28,32)/t23-/m0/s1. The maximum atomic E-state index is 12.7. The molecule has 1 heterocycles. The van der Waals surface area contributed by atoms with Gasteiger partial charge in [0.05, 0.1) is 19.0 Å². The van der Waals surface area contributed by atoms with Gasteiger partial charge in [0.25, 0.3) is 5.91 Å². The van der Waals surface area contributed by atoms with Crippen LogP contribution in [0, 0.1) is 6.92 Å². The Kier molecular flexibility index (Phi) is 6.31. The number of benzene rings is 3. The summed E-state index contributed by atoms with van der Waals surface area (Å²) >= 11 is 0. The summed E-state index contributed by atoms with van der Waals surface area (Å²) in [6.07, 6.45) is 0.217. The minimum absolute atomic E-state index is 0.164. The number of nitrogens with one attached hydrogen (secondary N) is 2. The van der Waals surface area contributed by atoms with Crippen LogP contribution < -0.4 is 10.6 Å². The van der Waals surface area contributed by atoms with Gasteiger partial charge in [-0.3, -0.25) is 14.5 Å². The van der Waals surface area contributed by atoms with Crippen LogP contribution in [0.1, 0.15) is 45.1 Å². The highest BCUT2D eigenvalue weighted by atomic mass is 16.2. The Bertz CT molecular complexity index is 1110. The molecule has 0 spiro atoms. The molecule has 0 saturated carbocycles. The normalized spacial score (nSPS) is 15.9. The van der Waals surface area contributed by atoms with Crippen LogP contribution in [-0.2, 0) is 17.9 Å². The van der Waals surface area contributed by atoms with Gasteiger partial charge in [-0.1, -0.05) is 72.3 Å². The van der Waals surface area contributed by atoms with E-state index in [1.54, 1.807) is 24.3 Å². The summed E-state index contributed by atoms with van der Waals surface area (Å²) in [7, 11) is 0. The Morgan fingerprint density at radius 3 is 2.41 bits per heavy atom. The predicted octanol–water partition coefficient (Wildman–Crippen LogP) is 4.11. The van der Waals surface area contributed by atoms with Crippen LogP contribution in [-0.4, -0.2) is 22.7 Å². The van der Waals surface area contributed by atoms with Crippen molar-refractivity contribution in [3.8, 4) is 0 Å². The highest BCUT2D eigenvalue weighted by Crippen LogP contribution is 2.24. The van der Waals surface area contributed by atoms with E-state index in [4.69, 9.17) is 0 Å². The molecular weight excluding hydrogens is 402 g/mol. The van der Waals surface area contributed by atoms with E-state index in [1.165, 1.54) is 4.90 Å². The molecule has 4 rings (SSSR count). The average Bonchev–Trinajstić information content (AvgIpc) is 2.81. The van der Waals surface area contributed by atoms with Gasteiger partial charge in [-0.2, -0.15) is 0 Å². The molecule has 4 amide bonds. The molecule has 3 aromatic rings. The van der Waals surface area contributed by atoms with Gasteiger partial charge >= 0.3 is 6.03 Å². The first-order valence-corrected chi connectivity index (χ1v) is 10.6. The zero-order valence-electron chi connectivity index (χ0n) is 17.9. The van der Waals surface area contributed by atoms with Crippen LogP contribution in [0.2, 0.25) is 0 Å². The fraction of sp³-hybridized carbons (Fsp3) is 0.192. The van der Waals surface area contributed by atoms with Gasteiger partial charge in [-0.05, 0) is 35.7 Å². The number of urea groups is 1. The van der Waals surface area contributed by atoms with Crippen molar-refractivity contribution in [2.75, 3.05) is 0 Å². The van der Waals surface area contributed by atoms with Gasteiger partial charge < -0.3 is 10.6 Å². The maximum absolute atomic E-state index is 12.7. The molecule has 2 N–H and O–H groups in total. The molecule has 0 aliphatic carbocycles. The summed E-state index contributed by atoms with van der Waals surface area (Å²) in [4.78, 5) is 38.9. The number of carbonyl (C=O) groups excluding carboxylic acids is 3. The minimum atomic E-state index is -0.405. The quantitative estimate of drug-likeness (QED) is 0.621. The second-order valence-corrected chi connectivity index (χ2v) is 7.97. The lowest BCUT2D eigenvalue weighted by Crippen LogP contribution is -2.50. The number of nitrogens with zero attached hydrogens (tertiary/aromatic N) is 1. The number of aryl methyl sites for hydroxylation is 1. The van der Waals surface area contributed by atoms with Crippen LogP contribution >= 0.6 is 0 Å². The lowest BCUT2D eigenvalue weighted by molar-refractivity contribution is -0.130. The van der Waals surface area contributed by atoms with Crippen LogP contribution in [0.3, 0.4) is 0 Å². The summed E-state index contributed by atoms with van der Waals surface area (Å²) in [6, 6.07) is 23.7. The number of hydrogen-bond acceptors (Lipinski definition) is 3. The number of rotatable bonds is 6. The third-order valence-electron chi connectivity index (χ3n) is 5.52. The van der Waals surface area contributed by atoms with Crippen molar-refractivity contribution in [2.45, 2.75) is 32.5 Å². The summed E-state index contributed by atoms with van der Waals surface area (Å²) in [5, 5.41) is 5.81. The van der Waals surface area contributed by atoms with E-state index in [0.717, 1.165) is 22.3 Å². The van der Waals surface area contributed by atoms with Crippen molar-refractivity contribution >= 4 is 17.8 Å². The Morgan fingerprint density at radius 2 is 1.72 bits per heavy atom. The molecule has 1 saturated heterocycles. The molecule has 3 aromatic carbocycles. The molecule has 0 radical (unpaired) electrons. The summed E-state index contributed by atoms with van der Waals surface area (Å²) < 4.78 is 0. The minimum Gasteiger partial charge on any atom is -0.348 e. The van der Waals surface area contributed by atoms with Gasteiger partial charge in [0.2, 0.25) is 5.91 Å². The summed E-state index contributed by atoms with van der Waals surface area (Å²) in [6.45, 7) is 2.59. The fourth-order valence-electron chi connectivity index (χ4n) is 3.75. The highest BCUT2D eigenvalue weighted by molar-refractivity contribution is 5.97. The smallest absolute Gasteiger partial charge is 0.324 e. The Balaban J connectivity index is 1.35. The molecule has 1 fully saturated rings. The van der Waals surface area contributed by atoms with Crippen molar-refractivity contribution in [1.82, 2.24) is 15.5 Å². The lowest BCUT2D eigenvalue weighted by atomic mass is 9.99. The highest BCUT2D eigenvalue weighted by Gasteiger charge is 2.32. The topological polar surface area (TPSA) is 78.5 Å². The second kappa shape index (κ2) is 9.47. The van der Waals surface area contributed by atoms with Gasteiger partial charge in [0.1, 0.15) is 0 Å². The zero-order valence-corrected chi connectivity index (χ0v) is 17.9. The number of imide groups is 1. The van der Waals surface area contributed by atoms with Crippen LogP contribution in [0.4, 0.5) is 4.79 Å². The van der Waals surface area contributed by atoms with Crippen molar-refractivity contribution in [1.29, 1.82) is 0 Å².